The van der Waals surface area contributed by atoms with Crippen molar-refractivity contribution in [3.05, 3.63) is 42.7 Å². The van der Waals surface area contributed by atoms with Crippen LogP contribution < -0.4 is 0 Å². The number of aliphatic hydroxyl groups is 1. The van der Waals surface area contributed by atoms with Gasteiger partial charge >= 0.3 is 0 Å². The first-order chi connectivity index (χ1) is 8.25. The van der Waals surface area contributed by atoms with E-state index in [0.717, 1.165) is 21.9 Å². The van der Waals surface area contributed by atoms with Gasteiger partial charge in [0.1, 0.15) is 6.10 Å². The van der Waals surface area contributed by atoms with Gasteiger partial charge in [-0.2, -0.15) is 11.8 Å². The molecule has 0 fully saturated rings. The van der Waals surface area contributed by atoms with E-state index in [-0.39, 0.29) is 0 Å². The number of aliphatic hydroxyl groups excluding tert-OH is 1. The summed E-state index contributed by atoms with van der Waals surface area (Å²) in [5.74, 6) is 2.28. The van der Waals surface area contributed by atoms with Crippen LogP contribution in [0.4, 0.5) is 0 Å². The van der Waals surface area contributed by atoms with Crippen LogP contribution in [0.3, 0.4) is 0 Å². The number of rotatable bonds is 2. The smallest absolute Gasteiger partial charge is 0.124 e. The number of halogens is 1. The van der Waals surface area contributed by atoms with E-state index >= 15 is 0 Å². The van der Waals surface area contributed by atoms with Crippen molar-refractivity contribution in [3.8, 4) is 0 Å². The first-order valence-corrected chi connectivity index (χ1v) is 8.59. The normalized spacial score (nSPS) is 16.8. The highest BCUT2D eigenvalue weighted by atomic mass is 35.5. The van der Waals surface area contributed by atoms with Gasteiger partial charge in [0, 0.05) is 15.5 Å². The minimum atomic E-state index is -0.553. The predicted octanol–water partition coefficient (Wildman–Crippen LogP) is 4.33. The van der Waals surface area contributed by atoms with Crippen LogP contribution in [0.25, 0.3) is 0 Å². The van der Waals surface area contributed by atoms with E-state index in [0.29, 0.717) is 5.02 Å². The summed E-state index contributed by atoms with van der Waals surface area (Å²) in [7, 11) is 0. The van der Waals surface area contributed by atoms with Crippen LogP contribution in [0.15, 0.2) is 17.5 Å². The topological polar surface area (TPSA) is 20.2 Å². The third-order valence-corrected chi connectivity index (χ3v) is 6.52. The molecule has 1 aliphatic heterocycles. The molecule has 0 spiro atoms. The summed E-state index contributed by atoms with van der Waals surface area (Å²) in [6.45, 7) is 0. The zero-order chi connectivity index (χ0) is 11.8. The standard InChI is InChI=1S/C12H11ClOS3/c13-8-1-4-16-12(8)11(14)10-5-7-6-15-3-2-9(7)17-10/h1,4-5,11,14H,2-3,6H2. The minimum Gasteiger partial charge on any atom is -0.382 e. The second-order valence-electron chi connectivity index (χ2n) is 3.94. The molecule has 3 rings (SSSR count). The van der Waals surface area contributed by atoms with Crippen molar-refractivity contribution in [3.63, 3.8) is 0 Å². The van der Waals surface area contributed by atoms with Crippen LogP contribution in [0, 0.1) is 0 Å². The molecule has 3 heterocycles. The highest BCUT2D eigenvalue weighted by Gasteiger charge is 2.21. The number of fused-ring (bicyclic) bond motifs is 1. The Morgan fingerprint density at radius 1 is 1.41 bits per heavy atom. The molecule has 1 nitrogen and oxygen atoms in total. The molecule has 0 bridgehead atoms. The summed E-state index contributed by atoms with van der Waals surface area (Å²) in [6, 6.07) is 3.99. The average Bonchev–Trinajstić information content (AvgIpc) is 2.93. The van der Waals surface area contributed by atoms with Crippen LogP contribution in [0.5, 0.6) is 0 Å². The maximum absolute atomic E-state index is 10.3. The third kappa shape index (κ3) is 2.29. The highest BCUT2D eigenvalue weighted by molar-refractivity contribution is 7.98. The molecule has 1 unspecified atom stereocenters. The first kappa shape index (κ1) is 12.1. The van der Waals surface area contributed by atoms with Gasteiger partial charge in [0.15, 0.2) is 0 Å². The van der Waals surface area contributed by atoms with Crippen LogP contribution in [-0.4, -0.2) is 10.9 Å². The fourth-order valence-corrected chi connectivity index (χ4v) is 5.54. The second kappa shape index (κ2) is 4.94. The van der Waals surface area contributed by atoms with Crippen molar-refractivity contribution in [2.45, 2.75) is 18.3 Å². The van der Waals surface area contributed by atoms with E-state index < -0.39 is 6.10 Å². The molecule has 1 aliphatic rings. The average molecular weight is 303 g/mol. The number of hydrogen-bond donors (Lipinski definition) is 1. The van der Waals surface area contributed by atoms with E-state index in [1.54, 1.807) is 11.3 Å². The van der Waals surface area contributed by atoms with E-state index in [1.165, 1.54) is 27.5 Å². The lowest BCUT2D eigenvalue weighted by molar-refractivity contribution is 0.228. The zero-order valence-corrected chi connectivity index (χ0v) is 12.2. The summed E-state index contributed by atoms with van der Waals surface area (Å²) < 4.78 is 0. The Hall–Kier alpha value is -0.000000000000000167. The lowest BCUT2D eigenvalue weighted by Gasteiger charge is -2.08. The van der Waals surface area contributed by atoms with E-state index in [4.69, 9.17) is 11.6 Å². The third-order valence-electron chi connectivity index (χ3n) is 2.81. The Morgan fingerprint density at radius 3 is 3.00 bits per heavy atom. The molecule has 0 radical (unpaired) electrons. The molecule has 0 saturated carbocycles. The molecule has 90 valence electrons. The summed E-state index contributed by atoms with van der Waals surface area (Å²) in [5, 5.41) is 12.9. The van der Waals surface area contributed by atoms with Crippen LogP contribution >= 0.6 is 46.0 Å². The largest absolute Gasteiger partial charge is 0.382 e. The van der Waals surface area contributed by atoms with Crippen molar-refractivity contribution < 1.29 is 5.11 Å². The molecule has 1 N–H and O–H groups in total. The van der Waals surface area contributed by atoms with E-state index in [1.807, 2.05) is 23.2 Å². The van der Waals surface area contributed by atoms with Crippen molar-refractivity contribution in [2.75, 3.05) is 5.75 Å². The molecule has 2 aromatic rings. The Balaban J connectivity index is 1.94. The number of thioether (sulfide) groups is 1. The molecule has 17 heavy (non-hydrogen) atoms. The Kier molecular flexibility index (Phi) is 3.50. The summed E-state index contributed by atoms with van der Waals surface area (Å²) in [5.41, 5.74) is 1.40. The lowest BCUT2D eigenvalue weighted by atomic mass is 10.2. The van der Waals surface area contributed by atoms with Gasteiger partial charge in [-0.05, 0) is 35.2 Å². The van der Waals surface area contributed by atoms with Crippen LogP contribution in [-0.2, 0) is 12.2 Å². The molecule has 1 atom stereocenters. The van der Waals surface area contributed by atoms with E-state index in [2.05, 4.69) is 6.07 Å². The second-order valence-corrected chi connectivity index (χ2v) is 7.56. The first-order valence-electron chi connectivity index (χ1n) is 5.36. The minimum absolute atomic E-state index is 0.553. The zero-order valence-electron chi connectivity index (χ0n) is 8.98. The quantitative estimate of drug-likeness (QED) is 0.891. The Labute approximate surface area is 117 Å². The van der Waals surface area contributed by atoms with Gasteiger partial charge in [0.05, 0.1) is 9.90 Å². The van der Waals surface area contributed by atoms with Crippen LogP contribution in [0.1, 0.15) is 26.3 Å². The van der Waals surface area contributed by atoms with Gasteiger partial charge in [-0.15, -0.1) is 22.7 Å². The highest BCUT2D eigenvalue weighted by Crippen LogP contribution is 2.39. The number of hydrogen-bond acceptors (Lipinski definition) is 4. The monoisotopic (exact) mass is 302 g/mol. The van der Waals surface area contributed by atoms with Gasteiger partial charge < -0.3 is 5.11 Å². The molecular weight excluding hydrogens is 292 g/mol. The molecule has 0 saturated heterocycles. The number of thiophene rings is 2. The Bertz CT molecular complexity index is 508. The van der Waals surface area contributed by atoms with Crippen molar-refractivity contribution in [1.82, 2.24) is 0 Å². The lowest BCUT2D eigenvalue weighted by Crippen LogP contribution is -1.96. The van der Waals surface area contributed by atoms with Crippen molar-refractivity contribution in [1.29, 1.82) is 0 Å². The maximum Gasteiger partial charge on any atom is 0.124 e. The summed E-state index contributed by atoms with van der Waals surface area (Å²) in [6.07, 6.45) is 0.582. The van der Waals surface area contributed by atoms with Gasteiger partial charge in [0.2, 0.25) is 0 Å². The van der Waals surface area contributed by atoms with E-state index in [9.17, 15) is 5.11 Å². The molecule has 2 aromatic heterocycles. The molecule has 0 aromatic carbocycles. The van der Waals surface area contributed by atoms with Gasteiger partial charge in [-0.3, -0.25) is 0 Å². The summed E-state index contributed by atoms with van der Waals surface area (Å²) in [4.78, 5) is 3.32. The summed E-state index contributed by atoms with van der Waals surface area (Å²) >= 11 is 11.3. The maximum atomic E-state index is 10.3. The molecular formula is C12H11ClOS3. The molecule has 0 amide bonds. The van der Waals surface area contributed by atoms with Gasteiger partial charge in [-0.1, -0.05) is 11.6 Å². The fraction of sp³-hybridized carbons (Fsp3) is 0.333. The van der Waals surface area contributed by atoms with Gasteiger partial charge in [-0.25, -0.2) is 0 Å². The van der Waals surface area contributed by atoms with Gasteiger partial charge in [0.25, 0.3) is 0 Å². The predicted molar refractivity (Wildman–Crippen MR) is 77.6 cm³/mol. The Morgan fingerprint density at radius 2 is 2.29 bits per heavy atom. The molecule has 5 heteroatoms. The SMILES string of the molecule is OC(c1cc2c(s1)CCSC2)c1sccc1Cl. The van der Waals surface area contributed by atoms with Crippen molar-refractivity contribution >= 4 is 46.0 Å². The fourth-order valence-electron chi connectivity index (χ4n) is 1.93. The molecule has 0 aliphatic carbocycles. The van der Waals surface area contributed by atoms with Crippen LogP contribution in [0.2, 0.25) is 5.02 Å². The number of aryl methyl sites for hydroxylation is 1. The van der Waals surface area contributed by atoms with Crippen molar-refractivity contribution in [2.24, 2.45) is 0 Å².